The Bertz CT molecular complexity index is 747. The van der Waals surface area contributed by atoms with Crippen molar-refractivity contribution < 1.29 is 4.79 Å². The lowest BCUT2D eigenvalue weighted by Gasteiger charge is -2.21. The summed E-state index contributed by atoms with van der Waals surface area (Å²) >= 11 is 0. The Morgan fingerprint density at radius 1 is 1.07 bits per heavy atom. The molecule has 146 valence electrons. The predicted octanol–water partition coefficient (Wildman–Crippen LogP) is 3.50. The first-order valence-corrected chi connectivity index (χ1v) is 8.82. The normalized spacial score (nSPS) is 11.9. The lowest BCUT2D eigenvalue weighted by Crippen LogP contribution is -2.43. The zero-order valence-corrected chi connectivity index (χ0v) is 18.7. The molecule has 1 atom stereocenters. The Morgan fingerprint density at radius 2 is 1.70 bits per heavy atom. The van der Waals surface area contributed by atoms with Crippen LogP contribution in [-0.4, -0.2) is 37.4 Å². The van der Waals surface area contributed by atoms with Gasteiger partial charge in [-0.25, -0.2) is 4.99 Å². The van der Waals surface area contributed by atoms with Crippen molar-refractivity contribution in [3.05, 3.63) is 71.3 Å². The van der Waals surface area contributed by atoms with Crippen LogP contribution in [-0.2, 0) is 11.3 Å². The van der Waals surface area contributed by atoms with Gasteiger partial charge < -0.3 is 15.5 Å². The molecule has 0 aliphatic rings. The van der Waals surface area contributed by atoms with Gasteiger partial charge in [0, 0.05) is 14.1 Å². The minimum Gasteiger partial charge on any atom is -0.350 e. The van der Waals surface area contributed by atoms with Crippen LogP contribution in [0.3, 0.4) is 0 Å². The third-order valence-corrected chi connectivity index (χ3v) is 4.18. The van der Waals surface area contributed by atoms with E-state index in [1.165, 1.54) is 11.1 Å². The maximum Gasteiger partial charge on any atom is 0.241 e. The number of aryl methyl sites for hydroxylation is 1. The van der Waals surface area contributed by atoms with Crippen LogP contribution < -0.4 is 10.6 Å². The largest absolute Gasteiger partial charge is 0.350 e. The summed E-state index contributed by atoms with van der Waals surface area (Å²) in [6, 6.07) is 18.4. The van der Waals surface area contributed by atoms with Crippen LogP contribution in [0.5, 0.6) is 0 Å². The van der Waals surface area contributed by atoms with Crippen LogP contribution in [0.1, 0.15) is 29.7 Å². The summed E-state index contributed by atoms with van der Waals surface area (Å²) in [5.74, 6) is 0.627. The topological polar surface area (TPSA) is 56.7 Å². The number of benzene rings is 2. The Morgan fingerprint density at radius 3 is 2.33 bits per heavy atom. The van der Waals surface area contributed by atoms with Crippen molar-refractivity contribution in [2.45, 2.75) is 26.4 Å². The first-order valence-electron chi connectivity index (χ1n) is 8.82. The second kappa shape index (κ2) is 11.6. The molecule has 0 bridgehead atoms. The zero-order chi connectivity index (χ0) is 18.9. The van der Waals surface area contributed by atoms with Gasteiger partial charge in [-0.2, -0.15) is 0 Å². The van der Waals surface area contributed by atoms with Crippen molar-refractivity contribution in [3.8, 4) is 0 Å². The summed E-state index contributed by atoms with van der Waals surface area (Å²) in [7, 11) is 3.49. The molecule has 0 radical (unpaired) electrons. The highest BCUT2D eigenvalue weighted by molar-refractivity contribution is 14.0. The molecule has 2 aromatic rings. The van der Waals surface area contributed by atoms with Crippen LogP contribution >= 0.6 is 24.0 Å². The number of carbonyl (C=O) groups excluding carboxylic acids is 1. The van der Waals surface area contributed by atoms with Crippen LogP contribution in [0.15, 0.2) is 59.6 Å². The summed E-state index contributed by atoms with van der Waals surface area (Å²) in [4.78, 5) is 18.1. The summed E-state index contributed by atoms with van der Waals surface area (Å²) in [5.41, 5.74) is 3.55. The van der Waals surface area contributed by atoms with Gasteiger partial charge >= 0.3 is 0 Å². The maximum absolute atomic E-state index is 11.9. The fourth-order valence-electron chi connectivity index (χ4n) is 2.58. The Kier molecular flexibility index (Phi) is 9.85. The van der Waals surface area contributed by atoms with E-state index < -0.39 is 0 Å². The number of hydrogen-bond acceptors (Lipinski definition) is 2. The van der Waals surface area contributed by atoms with E-state index in [4.69, 9.17) is 0 Å². The van der Waals surface area contributed by atoms with E-state index in [0.717, 1.165) is 5.56 Å². The van der Waals surface area contributed by atoms with E-state index in [-0.39, 0.29) is 42.5 Å². The molecule has 0 aromatic heterocycles. The van der Waals surface area contributed by atoms with Crippen molar-refractivity contribution in [3.63, 3.8) is 0 Å². The molecular weight excluding hydrogens is 451 g/mol. The molecule has 2 rings (SSSR count). The van der Waals surface area contributed by atoms with Gasteiger partial charge in [0.25, 0.3) is 0 Å². The van der Waals surface area contributed by atoms with E-state index in [0.29, 0.717) is 12.5 Å². The fourth-order valence-corrected chi connectivity index (χ4v) is 2.58. The first-order chi connectivity index (χ1) is 12.5. The fraction of sp³-hybridized carbons (Fsp3) is 0.333. The maximum atomic E-state index is 11.9. The van der Waals surface area contributed by atoms with E-state index >= 15 is 0 Å². The van der Waals surface area contributed by atoms with Crippen molar-refractivity contribution in [1.29, 1.82) is 0 Å². The number of carbonyl (C=O) groups is 1. The van der Waals surface area contributed by atoms with Gasteiger partial charge in [0.15, 0.2) is 5.96 Å². The van der Waals surface area contributed by atoms with Crippen LogP contribution in [0.25, 0.3) is 0 Å². The molecule has 0 heterocycles. The third kappa shape index (κ3) is 7.58. The molecule has 0 fully saturated rings. The SMILES string of the molecule is Cc1ccccc1C(C)NC(=NCc1ccccc1)NCC(=O)N(C)C.I. The molecule has 0 aliphatic carbocycles. The number of nitrogens with one attached hydrogen (secondary N) is 2. The van der Waals surface area contributed by atoms with Crippen LogP contribution in [0.2, 0.25) is 0 Å². The zero-order valence-electron chi connectivity index (χ0n) is 16.4. The number of rotatable bonds is 6. The average Bonchev–Trinajstić information content (AvgIpc) is 2.64. The number of nitrogens with zero attached hydrogens (tertiary/aromatic N) is 2. The smallest absolute Gasteiger partial charge is 0.241 e. The molecule has 0 saturated carbocycles. The molecule has 1 unspecified atom stereocenters. The lowest BCUT2D eigenvalue weighted by molar-refractivity contribution is -0.127. The highest BCUT2D eigenvalue weighted by atomic mass is 127. The van der Waals surface area contributed by atoms with E-state index in [1.54, 1.807) is 19.0 Å². The highest BCUT2D eigenvalue weighted by Crippen LogP contribution is 2.16. The molecule has 0 aliphatic heterocycles. The molecule has 0 spiro atoms. The molecule has 0 saturated heterocycles. The average molecular weight is 480 g/mol. The molecule has 2 N–H and O–H groups in total. The Labute approximate surface area is 179 Å². The monoisotopic (exact) mass is 480 g/mol. The van der Waals surface area contributed by atoms with Crippen molar-refractivity contribution in [2.24, 2.45) is 4.99 Å². The van der Waals surface area contributed by atoms with Crippen LogP contribution in [0, 0.1) is 6.92 Å². The minimum absolute atomic E-state index is 0. The molecular formula is C21H29IN4O. The summed E-state index contributed by atoms with van der Waals surface area (Å²) in [6.45, 7) is 4.94. The quantitative estimate of drug-likeness (QED) is 0.378. The molecule has 2 aromatic carbocycles. The van der Waals surface area contributed by atoms with Gasteiger partial charge in [-0.05, 0) is 30.5 Å². The second-order valence-electron chi connectivity index (χ2n) is 6.51. The van der Waals surface area contributed by atoms with Gasteiger partial charge in [0.05, 0.1) is 19.1 Å². The summed E-state index contributed by atoms with van der Waals surface area (Å²) < 4.78 is 0. The molecule has 5 nitrogen and oxygen atoms in total. The van der Waals surface area contributed by atoms with Gasteiger partial charge in [-0.15, -0.1) is 24.0 Å². The highest BCUT2D eigenvalue weighted by Gasteiger charge is 2.12. The first kappa shape index (κ1) is 23.0. The number of amides is 1. The van der Waals surface area contributed by atoms with E-state index in [9.17, 15) is 4.79 Å². The van der Waals surface area contributed by atoms with Crippen molar-refractivity contribution in [1.82, 2.24) is 15.5 Å². The Hall–Kier alpha value is -2.09. The molecule has 27 heavy (non-hydrogen) atoms. The summed E-state index contributed by atoms with van der Waals surface area (Å²) in [5, 5.41) is 6.55. The number of halogens is 1. The lowest BCUT2D eigenvalue weighted by atomic mass is 10.0. The number of guanidine groups is 1. The van der Waals surface area contributed by atoms with Gasteiger partial charge in [-0.1, -0.05) is 54.6 Å². The second-order valence-corrected chi connectivity index (χ2v) is 6.51. The number of hydrogen-bond donors (Lipinski definition) is 2. The number of likely N-dealkylation sites (N-methyl/N-ethyl adjacent to an activating group) is 1. The summed E-state index contributed by atoms with van der Waals surface area (Å²) in [6.07, 6.45) is 0. The van der Waals surface area contributed by atoms with E-state index in [2.05, 4.69) is 41.6 Å². The number of aliphatic imine (C=N–C) groups is 1. The van der Waals surface area contributed by atoms with E-state index in [1.807, 2.05) is 42.5 Å². The third-order valence-electron chi connectivity index (χ3n) is 4.18. The van der Waals surface area contributed by atoms with Crippen molar-refractivity contribution >= 4 is 35.8 Å². The predicted molar refractivity (Wildman–Crippen MR) is 122 cm³/mol. The van der Waals surface area contributed by atoms with Gasteiger partial charge in [0.1, 0.15) is 0 Å². The van der Waals surface area contributed by atoms with Crippen LogP contribution in [0.4, 0.5) is 0 Å². The van der Waals surface area contributed by atoms with Gasteiger partial charge in [0.2, 0.25) is 5.91 Å². The molecule has 1 amide bonds. The Balaban J connectivity index is 0.00000364. The standard InChI is InChI=1S/C21H28N4O.HI/c1-16-10-8-9-13-19(16)17(2)24-21(23-15-20(26)25(3)4)22-14-18-11-6-5-7-12-18;/h5-13,17H,14-15H2,1-4H3,(H2,22,23,24);1H. The minimum atomic E-state index is 0. The molecule has 6 heteroatoms. The van der Waals surface area contributed by atoms with Gasteiger partial charge in [-0.3, -0.25) is 4.79 Å². The van der Waals surface area contributed by atoms with Crippen molar-refractivity contribution in [2.75, 3.05) is 20.6 Å².